The molecular weight excluding hydrogens is 272 g/mol. The van der Waals surface area contributed by atoms with E-state index in [1.165, 1.54) is 36.4 Å². The third-order valence-corrected chi connectivity index (χ3v) is 2.98. The predicted octanol–water partition coefficient (Wildman–Crippen LogP) is 4.47. The molecule has 0 aromatic heterocycles. The van der Waals surface area contributed by atoms with Crippen molar-refractivity contribution < 1.29 is 13.6 Å². The SMILES string of the molecule is C/C(=C\C(=O)c1ccc(F)cc1)Nc1ccc(F)c(C)c1. The first kappa shape index (κ1) is 14.9. The molecule has 0 unspecified atom stereocenters. The van der Waals surface area contributed by atoms with Gasteiger partial charge in [0.2, 0.25) is 0 Å². The molecule has 0 saturated heterocycles. The fourth-order valence-corrected chi connectivity index (χ4v) is 1.88. The minimum Gasteiger partial charge on any atom is -0.359 e. The second-order valence-corrected chi connectivity index (χ2v) is 4.79. The van der Waals surface area contributed by atoms with E-state index in [1.54, 1.807) is 26.0 Å². The van der Waals surface area contributed by atoms with Gasteiger partial charge in [-0.1, -0.05) is 0 Å². The maximum absolute atomic E-state index is 13.2. The van der Waals surface area contributed by atoms with Crippen LogP contribution in [-0.2, 0) is 0 Å². The van der Waals surface area contributed by atoms with Crippen LogP contribution in [0, 0.1) is 18.6 Å². The van der Waals surface area contributed by atoms with Crippen LogP contribution in [0.15, 0.2) is 54.2 Å². The van der Waals surface area contributed by atoms with E-state index in [0.29, 0.717) is 22.5 Å². The van der Waals surface area contributed by atoms with Gasteiger partial charge in [-0.3, -0.25) is 4.79 Å². The fraction of sp³-hybridized carbons (Fsp3) is 0.118. The van der Waals surface area contributed by atoms with Crippen LogP contribution >= 0.6 is 0 Å². The van der Waals surface area contributed by atoms with Gasteiger partial charge >= 0.3 is 0 Å². The number of carbonyl (C=O) groups is 1. The largest absolute Gasteiger partial charge is 0.359 e. The van der Waals surface area contributed by atoms with E-state index in [1.807, 2.05) is 0 Å². The molecule has 0 heterocycles. The number of benzene rings is 2. The average Bonchev–Trinajstić information content (AvgIpc) is 2.43. The van der Waals surface area contributed by atoms with Crippen molar-refractivity contribution in [2.24, 2.45) is 0 Å². The molecule has 0 aliphatic heterocycles. The summed E-state index contributed by atoms with van der Waals surface area (Å²) in [4.78, 5) is 12.0. The Labute approximate surface area is 122 Å². The van der Waals surface area contributed by atoms with Gasteiger partial charge in [0.05, 0.1) is 0 Å². The van der Waals surface area contributed by atoms with Crippen molar-refractivity contribution in [2.75, 3.05) is 5.32 Å². The first-order valence-electron chi connectivity index (χ1n) is 6.47. The van der Waals surface area contributed by atoms with Crippen molar-refractivity contribution in [1.82, 2.24) is 0 Å². The zero-order valence-corrected chi connectivity index (χ0v) is 11.8. The third-order valence-electron chi connectivity index (χ3n) is 2.98. The number of allylic oxidation sites excluding steroid dienone is 2. The number of aryl methyl sites for hydroxylation is 1. The zero-order chi connectivity index (χ0) is 15.4. The lowest BCUT2D eigenvalue weighted by atomic mass is 10.1. The van der Waals surface area contributed by atoms with Crippen molar-refractivity contribution in [3.8, 4) is 0 Å². The first-order valence-corrected chi connectivity index (χ1v) is 6.47. The third kappa shape index (κ3) is 3.99. The Kier molecular flexibility index (Phi) is 4.48. The highest BCUT2D eigenvalue weighted by atomic mass is 19.1. The van der Waals surface area contributed by atoms with Crippen molar-refractivity contribution in [1.29, 1.82) is 0 Å². The number of carbonyl (C=O) groups excluding carboxylic acids is 1. The summed E-state index contributed by atoms with van der Waals surface area (Å²) in [5, 5.41) is 3.02. The molecule has 0 aliphatic rings. The molecule has 0 bridgehead atoms. The molecule has 0 atom stereocenters. The number of hydrogen-bond acceptors (Lipinski definition) is 2. The molecule has 2 aromatic rings. The molecule has 1 N–H and O–H groups in total. The molecule has 108 valence electrons. The number of halogens is 2. The maximum atomic E-state index is 13.2. The average molecular weight is 287 g/mol. The minimum absolute atomic E-state index is 0.223. The summed E-state index contributed by atoms with van der Waals surface area (Å²) in [7, 11) is 0. The molecule has 0 aliphatic carbocycles. The molecule has 0 radical (unpaired) electrons. The van der Waals surface area contributed by atoms with E-state index in [2.05, 4.69) is 5.32 Å². The van der Waals surface area contributed by atoms with Crippen LogP contribution in [0.1, 0.15) is 22.8 Å². The lowest BCUT2D eigenvalue weighted by Crippen LogP contribution is -2.02. The molecule has 2 aromatic carbocycles. The summed E-state index contributed by atoms with van der Waals surface area (Å²) in [5.74, 6) is -0.879. The highest BCUT2D eigenvalue weighted by Crippen LogP contribution is 2.16. The van der Waals surface area contributed by atoms with Gasteiger partial charge in [-0.05, 0) is 61.9 Å². The van der Waals surface area contributed by atoms with E-state index < -0.39 is 0 Å². The van der Waals surface area contributed by atoms with Gasteiger partial charge in [0.1, 0.15) is 11.6 Å². The number of nitrogens with one attached hydrogen (secondary N) is 1. The van der Waals surface area contributed by atoms with E-state index in [-0.39, 0.29) is 17.4 Å². The maximum Gasteiger partial charge on any atom is 0.187 e. The standard InChI is InChI=1S/C17H15F2NO/c1-11-9-15(7-8-16(11)19)20-12(2)10-17(21)13-3-5-14(18)6-4-13/h3-10,20H,1-2H3/b12-10+. The Bertz CT molecular complexity index is 690. The van der Waals surface area contributed by atoms with Gasteiger partial charge in [0, 0.05) is 23.0 Å². The first-order chi connectivity index (χ1) is 9.95. The van der Waals surface area contributed by atoms with Crippen LogP contribution in [-0.4, -0.2) is 5.78 Å². The van der Waals surface area contributed by atoms with Gasteiger partial charge in [-0.25, -0.2) is 8.78 Å². The second kappa shape index (κ2) is 6.31. The summed E-state index contributed by atoms with van der Waals surface area (Å²) in [6.45, 7) is 3.41. The van der Waals surface area contributed by atoms with Crippen molar-refractivity contribution in [3.63, 3.8) is 0 Å². The summed E-state index contributed by atoms with van der Waals surface area (Å²) < 4.78 is 26.0. The summed E-state index contributed by atoms with van der Waals surface area (Å²) in [6.07, 6.45) is 1.42. The Morgan fingerprint density at radius 1 is 1.10 bits per heavy atom. The smallest absolute Gasteiger partial charge is 0.187 e. The lowest BCUT2D eigenvalue weighted by molar-refractivity contribution is 0.104. The van der Waals surface area contributed by atoms with Crippen molar-refractivity contribution in [3.05, 3.63) is 77.0 Å². The number of ketones is 1. The quantitative estimate of drug-likeness (QED) is 0.664. The van der Waals surface area contributed by atoms with Crippen LogP contribution in [0.25, 0.3) is 0 Å². The monoisotopic (exact) mass is 287 g/mol. The Morgan fingerprint density at radius 2 is 1.76 bits per heavy atom. The molecule has 0 saturated carbocycles. The minimum atomic E-state index is -0.382. The number of anilines is 1. The number of hydrogen-bond donors (Lipinski definition) is 1. The highest BCUT2D eigenvalue weighted by Gasteiger charge is 2.04. The molecule has 0 amide bonds. The summed E-state index contributed by atoms with van der Waals surface area (Å²) in [6, 6.07) is 9.98. The Morgan fingerprint density at radius 3 is 2.38 bits per heavy atom. The summed E-state index contributed by atoms with van der Waals surface area (Å²) >= 11 is 0. The van der Waals surface area contributed by atoms with Crippen molar-refractivity contribution in [2.45, 2.75) is 13.8 Å². The lowest BCUT2D eigenvalue weighted by Gasteiger charge is -2.08. The summed E-state index contributed by atoms with van der Waals surface area (Å²) in [5.41, 5.74) is 2.26. The van der Waals surface area contributed by atoms with Gasteiger partial charge in [-0.15, -0.1) is 0 Å². The van der Waals surface area contributed by atoms with Crippen LogP contribution in [0.5, 0.6) is 0 Å². The van der Waals surface area contributed by atoms with Crippen LogP contribution < -0.4 is 5.32 Å². The molecule has 2 rings (SSSR count). The van der Waals surface area contributed by atoms with Crippen molar-refractivity contribution >= 4 is 11.5 Å². The number of rotatable bonds is 4. The fourth-order valence-electron chi connectivity index (χ4n) is 1.88. The molecule has 4 heteroatoms. The van der Waals surface area contributed by atoms with Gasteiger partial charge < -0.3 is 5.32 Å². The Hall–Kier alpha value is -2.49. The van der Waals surface area contributed by atoms with E-state index in [4.69, 9.17) is 0 Å². The molecular formula is C17H15F2NO. The van der Waals surface area contributed by atoms with Gasteiger partial charge in [0.15, 0.2) is 5.78 Å². The van der Waals surface area contributed by atoms with Crippen LogP contribution in [0.4, 0.5) is 14.5 Å². The Balaban J connectivity index is 2.11. The van der Waals surface area contributed by atoms with Gasteiger partial charge in [0.25, 0.3) is 0 Å². The predicted molar refractivity (Wildman–Crippen MR) is 79.2 cm³/mol. The topological polar surface area (TPSA) is 29.1 Å². The molecule has 0 spiro atoms. The second-order valence-electron chi connectivity index (χ2n) is 4.79. The zero-order valence-electron chi connectivity index (χ0n) is 11.8. The van der Waals surface area contributed by atoms with E-state index in [9.17, 15) is 13.6 Å². The van der Waals surface area contributed by atoms with Crippen LogP contribution in [0.2, 0.25) is 0 Å². The normalized spacial score (nSPS) is 11.3. The molecule has 21 heavy (non-hydrogen) atoms. The highest BCUT2D eigenvalue weighted by molar-refractivity contribution is 6.05. The van der Waals surface area contributed by atoms with Gasteiger partial charge in [-0.2, -0.15) is 0 Å². The van der Waals surface area contributed by atoms with E-state index in [0.717, 1.165) is 0 Å². The van der Waals surface area contributed by atoms with E-state index >= 15 is 0 Å². The molecule has 2 nitrogen and oxygen atoms in total. The van der Waals surface area contributed by atoms with Crippen LogP contribution in [0.3, 0.4) is 0 Å². The molecule has 0 fully saturated rings.